The van der Waals surface area contributed by atoms with Gasteiger partial charge in [0.05, 0.1) is 0 Å². The molecule has 2 N–H and O–H groups in total. The number of fused-ring (bicyclic) bond motifs is 1. The van der Waals surface area contributed by atoms with Gasteiger partial charge in [0.25, 0.3) is 5.56 Å². The van der Waals surface area contributed by atoms with Crippen molar-refractivity contribution in [1.82, 2.24) is 14.9 Å². The Morgan fingerprint density at radius 2 is 2.07 bits per heavy atom. The Kier molecular flexibility index (Phi) is 2.48. The predicted molar refractivity (Wildman–Crippen MR) is 57.1 cm³/mol. The van der Waals surface area contributed by atoms with Gasteiger partial charge in [-0.2, -0.15) is 0 Å². The van der Waals surface area contributed by atoms with Crippen molar-refractivity contribution < 1.29 is 0 Å². The van der Waals surface area contributed by atoms with Gasteiger partial charge in [0.1, 0.15) is 0 Å². The Bertz CT molecular complexity index is 484. The van der Waals surface area contributed by atoms with E-state index in [0.29, 0.717) is 13.0 Å². The first-order valence-electron chi connectivity index (χ1n) is 5.18. The minimum absolute atomic E-state index is 0.0959. The number of hydrogen-bond acceptors (Lipinski definition) is 3. The second-order valence-electron chi connectivity index (χ2n) is 4.08. The highest BCUT2D eigenvalue weighted by atomic mass is 16.2. The zero-order valence-electron chi connectivity index (χ0n) is 8.96. The fourth-order valence-electron chi connectivity index (χ4n) is 1.94. The smallest absolute Gasteiger partial charge is 0.311 e. The molecule has 0 aromatic carbocycles. The normalized spacial score (nSPS) is 15.4. The molecule has 5 nitrogen and oxygen atoms in total. The molecule has 0 radical (unpaired) electrons. The van der Waals surface area contributed by atoms with Crippen molar-refractivity contribution in [3.05, 3.63) is 32.1 Å². The Morgan fingerprint density at radius 1 is 1.33 bits per heavy atom. The third-order valence-corrected chi connectivity index (χ3v) is 2.69. The van der Waals surface area contributed by atoms with Crippen LogP contribution in [0.2, 0.25) is 0 Å². The molecule has 0 amide bonds. The van der Waals surface area contributed by atoms with Crippen LogP contribution in [0.15, 0.2) is 9.59 Å². The molecule has 0 atom stereocenters. The molecular weight excluding hydrogens is 194 g/mol. The SMILES string of the molecule is CC(C)n1c(=O)[nH]c2c(c1=O)CCNC2. The third-order valence-electron chi connectivity index (χ3n) is 2.69. The van der Waals surface area contributed by atoms with Crippen LogP contribution in [0.3, 0.4) is 0 Å². The third kappa shape index (κ3) is 1.63. The zero-order valence-corrected chi connectivity index (χ0v) is 8.96. The van der Waals surface area contributed by atoms with Gasteiger partial charge in [-0.1, -0.05) is 0 Å². The van der Waals surface area contributed by atoms with Gasteiger partial charge < -0.3 is 10.3 Å². The van der Waals surface area contributed by atoms with Crippen molar-refractivity contribution in [3.63, 3.8) is 0 Å². The van der Waals surface area contributed by atoms with Crippen LogP contribution in [0.25, 0.3) is 0 Å². The number of rotatable bonds is 1. The summed E-state index contributed by atoms with van der Waals surface area (Å²) < 4.78 is 1.28. The van der Waals surface area contributed by atoms with E-state index >= 15 is 0 Å². The molecule has 0 fully saturated rings. The molecule has 0 saturated carbocycles. The minimum Gasteiger partial charge on any atom is -0.311 e. The maximum Gasteiger partial charge on any atom is 0.328 e. The van der Waals surface area contributed by atoms with Crippen molar-refractivity contribution in [3.8, 4) is 0 Å². The first-order valence-corrected chi connectivity index (χ1v) is 5.18. The summed E-state index contributed by atoms with van der Waals surface area (Å²) in [5.74, 6) is 0. The summed E-state index contributed by atoms with van der Waals surface area (Å²) in [5, 5.41) is 3.13. The van der Waals surface area contributed by atoms with E-state index < -0.39 is 0 Å². The molecular formula is C10H15N3O2. The highest BCUT2D eigenvalue weighted by molar-refractivity contribution is 5.19. The summed E-state index contributed by atoms with van der Waals surface area (Å²) in [4.78, 5) is 26.4. The van der Waals surface area contributed by atoms with Gasteiger partial charge in [-0.15, -0.1) is 0 Å². The van der Waals surface area contributed by atoms with Crippen LogP contribution in [0, 0.1) is 0 Å². The number of aromatic amines is 1. The van der Waals surface area contributed by atoms with E-state index in [0.717, 1.165) is 17.8 Å². The van der Waals surface area contributed by atoms with Crippen molar-refractivity contribution >= 4 is 0 Å². The van der Waals surface area contributed by atoms with E-state index in [1.54, 1.807) is 0 Å². The monoisotopic (exact) mass is 209 g/mol. The van der Waals surface area contributed by atoms with Crippen molar-refractivity contribution in [1.29, 1.82) is 0 Å². The van der Waals surface area contributed by atoms with Crippen molar-refractivity contribution in [2.24, 2.45) is 0 Å². The van der Waals surface area contributed by atoms with Gasteiger partial charge in [0.2, 0.25) is 0 Å². The molecule has 5 heteroatoms. The van der Waals surface area contributed by atoms with Gasteiger partial charge in [0.15, 0.2) is 0 Å². The van der Waals surface area contributed by atoms with Crippen LogP contribution in [0.5, 0.6) is 0 Å². The van der Waals surface area contributed by atoms with Crippen molar-refractivity contribution in [2.45, 2.75) is 32.9 Å². The lowest BCUT2D eigenvalue weighted by Crippen LogP contribution is -2.43. The maximum absolute atomic E-state index is 12.0. The molecule has 0 unspecified atom stereocenters. The Morgan fingerprint density at radius 3 is 2.73 bits per heavy atom. The van der Waals surface area contributed by atoms with Crippen LogP contribution in [0.1, 0.15) is 31.1 Å². The molecule has 0 spiro atoms. The second kappa shape index (κ2) is 3.66. The lowest BCUT2D eigenvalue weighted by molar-refractivity contribution is 0.517. The molecule has 1 aliphatic rings. The predicted octanol–water partition coefficient (Wildman–Crippen LogP) is -0.237. The molecule has 2 rings (SSSR count). The van der Waals surface area contributed by atoms with Gasteiger partial charge >= 0.3 is 5.69 Å². The molecule has 1 aromatic heterocycles. The Balaban J connectivity index is 2.70. The van der Waals surface area contributed by atoms with E-state index in [1.807, 2.05) is 13.8 Å². The lowest BCUT2D eigenvalue weighted by atomic mass is 10.1. The number of nitrogens with one attached hydrogen (secondary N) is 2. The van der Waals surface area contributed by atoms with Crippen LogP contribution >= 0.6 is 0 Å². The van der Waals surface area contributed by atoms with Gasteiger partial charge in [-0.05, 0) is 26.8 Å². The largest absolute Gasteiger partial charge is 0.328 e. The standard InChI is InChI=1S/C10H15N3O2/c1-6(2)13-9(14)7-3-4-11-5-8(7)12-10(13)15/h6,11H,3-5H2,1-2H3,(H,12,15). The molecule has 15 heavy (non-hydrogen) atoms. The first kappa shape index (κ1) is 10.2. The molecule has 1 aromatic rings. The second-order valence-corrected chi connectivity index (χ2v) is 4.08. The fraction of sp³-hybridized carbons (Fsp3) is 0.600. The van der Waals surface area contributed by atoms with Crippen LogP contribution in [-0.2, 0) is 13.0 Å². The Labute approximate surface area is 87.1 Å². The summed E-state index contributed by atoms with van der Waals surface area (Å²) in [7, 11) is 0. The minimum atomic E-state index is -0.308. The lowest BCUT2D eigenvalue weighted by Gasteiger charge is -2.18. The van der Waals surface area contributed by atoms with Crippen LogP contribution < -0.4 is 16.6 Å². The van der Waals surface area contributed by atoms with Crippen LogP contribution in [0.4, 0.5) is 0 Å². The Hall–Kier alpha value is -1.36. The number of hydrogen-bond donors (Lipinski definition) is 2. The summed E-state index contributed by atoms with van der Waals surface area (Å²) in [6.07, 6.45) is 0.692. The summed E-state index contributed by atoms with van der Waals surface area (Å²) >= 11 is 0. The van der Waals surface area contributed by atoms with E-state index in [9.17, 15) is 9.59 Å². The van der Waals surface area contributed by atoms with Gasteiger partial charge in [-0.25, -0.2) is 4.79 Å². The molecule has 1 aliphatic heterocycles. The highest BCUT2D eigenvalue weighted by Crippen LogP contribution is 2.05. The maximum atomic E-state index is 12.0. The van der Waals surface area contributed by atoms with E-state index in [1.165, 1.54) is 4.57 Å². The highest BCUT2D eigenvalue weighted by Gasteiger charge is 2.17. The average Bonchev–Trinajstić information content (AvgIpc) is 2.17. The van der Waals surface area contributed by atoms with Crippen LogP contribution in [-0.4, -0.2) is 16.1 Å². The number of aromatic nitrogens is 2. The quantitative estimate of drug-likeness (QED) is 0.671. The molecule has 0 bridgehead atoms. The molecule has 0 saturated heterocycles. The van der Waals surface area contributed by atoms with Gasteiger partial charge in [0, 0.05) is 23.8 Å². The fourth-order valence-corrected chi connectivity index (χ4v) is 1.94. The van der Waals surface area contributed by atoms with E-state index in [-0.39, 0.29) is 17.3 Å². The van der Waals surface area contributed by atoms with Crippen molar-refractivity contribution in [2.75, 3.05) is 6.54 Å². The summed E-state index contributed by atoms with van der Waals surface area (Å²) in [5.41, 5.74) is 1.05. The molecule has 82 valence electrons. The number of nitrogens with zero attached hydrogens (tertiary/aromatic N) is 1. The molecule has 0 aliphatic carbocycles. The summed E-state index contributed by atoms with van der Waals surface area (Å²) in [6, 6.07) is -0.0959. The van der Waals surface area contributed by atoms with E-state index in [4.69, 9.17) is 0 Å². The average molecular weight is 209 g/mol. The number of H-pyrrole nitrogens is 1. The van der Waals surface area contributed by atoms with E-state index in [2.05, 4.69) is 10.3 Å². The van der Waals surface area contributed by atoms with Gasteiger partial charge in [-0.3, -0.25) is 9.36 Å². The zero-order chi connectivity index (χ0) is 11.0. The summed E-state index contributed by atoms with van der Waals surface area (Å²) in [6.45, 7) is 5.05. The molecule has 2 heterocycles. The first-order chi connectivity index (χ1) is 7.11. The topological polar surface area (TPSA) is 66.9 Å².